The van der Waals surface area contributed by atoms with Gasteiger partial charge in [0, 0.05) is 10.1 Å². The lowest BCUT2D eigenvalue weighted by molar-refractivity contribution is -0.164. The van der Waals surface area contributed by atoms with Crippen LogP contribution in [0.4, 0.5) is 0 Å². The highest BCUT2D eigenvalue weighted by molar-refractivity contribution is 8.00. The van der Waals surface area contributed by atoms with Crippen LogP contribution in [0.1, 0.15) is 39.4 Å². The number of thioether (sulfide) groups is 1. The fraction of sp³-hybridized carbons (Fsp3) is 0.381. The molecule has 4 heteroatoms. The molecule has 0 spiro atoms. The number of aliphatic hydroxyl groups is 1. The standard InChI is InChI=1S/C21H26O3S/c1-15(25-17-13-9-6-10-14-17)18(20(23)24-21(2,3)4)19(22)16-11-7-5-8-12-16/h5-15,18-19,22H,1-4H3/t15-,18+,19+/m1/s1. The van der Waals surface area contributed by atoms with E-state index < -0.39 is 17.6 Å². The average Bonchev–Trinajstić information content (AvgIpc) is 2.55. The van der Waals surface area contributed by atoms with Gasteiger partial charge < -0.3 is 9.84 Å². The Morgan fingerprint density at radius 3 is 2.04 bits per heavy atom. The second-order valence-electron chi connectivity index (χ2n) is 7.05. The monoisotopic (exact) mass is 358 g/mol. The Morgan fingerprint density at radius 1 is 1.00 bits per heavy atom. The lowest BCUT2D eigenvalue weighted by atomic mass is 9.93. The van der Waals surface area contributed by atoms with Crippen molar-refractivity contribution < 1.29 is 14.6 Å². The molecule has 0 bridgehead atoms. The van der Waals surface area contributed by atoms with Crippen LogP contribution in [-0.4, -0.2) is 21.9 Å². The van der Waals surface area contributed by atoms with Crippen LogP contribution in [0, 0.1) is 5.92 Å². The molecule has 0 fully saturated rings. The van der Waals surface area contributed by atoms with Gasteiger partial charge in [-0.05, 0) is 38.5 Å². The smallest absolute Gasteiger partial charge is 0.313 e. The Labute approximate surface area is 154 Å². The number of ether oxygens (including phenoxy) is 1. The first-order chi connectivity index (χ1) is 11.8. The minimum atomic E-state index is -0.915. The first-order valence-electron chi connectivity index (χ1n) is 8.45. The summed E-state index contributed by atoms with van der Waals surface area (Å²) in [6, 6.07) is 19.2. The molecule has 134 valence electrons. The van der Waals surface area contributed by atoms with Crippen LogP contribution < -0.4 is 0 Å². The van der Waals surface area contributed by atoms with Crippen molar-refractivity contribution in [3.8, 4) is 0 Å². The Bertz CT molecular complexity index is 665. The van der Waals surface area contributed by atoms with Gasteiger partial charge in [0.25, 0.3) is 0 Å². The SMILES string of the molecule is C[C@@H](Sc1ccccc1)[C@H](C(=O)OC(C)(C)C)[C@@H](O)c1ccccc1. The van der Waals surface area contributed by atoms with E-state index in [2.05, 4.69) is 0 Å². The molecule has 2 rings (SSSR count). The molecule has 0 aromatic heterocycles. The number of esters is 1. The summed E-state index contributed by atoms with van der Waals surface area (Å²) in [5.41, 5.74) is 0.127. The third-order valence-electron chi connectivity index (χ3n) is 3.73. The Balaban J connectivity index is 2.26. The Hall–Kier alpha value is -1.78. The topological polar surface area (TPSA) is 46.5 Å². The maximum Gasteiger partial charge on any atom is 0.313 e. The van der Waals surface area contributed by atoms with Gasteiger partial charge >= 0.3 is 5.97 Å². The van der Waals surface area contributed by atoms with Crippen LogP contribution in [0.25, 0.3) is 0 Å². The number of benzene rings is 2. The molecule has 25 heavy (non-hydrogen) atoms. The van der Waals surface area contributed by atoms with Crippen molar-refractivity contribution in [2.75, 3.05) is 0 Å². The molecule has 3 atom stereocenters. The van der Waals surface area contributed by atoms with Crippen molar-refractivity contribution in [2.24, 2.45) is 5.92 Å². The van der Waals surface area contributed by atoms with E-state index in [0.29, 0.717) is 0 Å². The zero-order valence-corrected chi connectivity index (χ0v) is 16.0. The van der Waals surface area contributed by atoms with Gasteiger partial charge in [-0.3, -0.25) is 4.79 Å². The fourth-order valence-electron chi connectivity index (χ4n) is 2.59. The quantitative estimate of drug-likeness (QED) is 0.592. The molecule has 0 aliphatic heterocycles. The molecule has 0 saturated carbocycles. The highest BCUT2D eigenvalue weighted by Crippen LogP contribution is 2.36. The third kappa shape index (κ3) is 5.91. The predicted molar refractivity (Wildman–Crippen MR) is 102 cm³/mol. The zero-order chi connectivity index (χ0) is 18.4. The summed E-state index contributed by atoms with van der Waals surface area (Å²) >= 11 is 1.57. The van der Waals surface area contributed by atoms with Crippen molar-refractivity contribution in [2.45, 2.75) is 49.5 Å². The van der Waals surface area contributed by atoms with E-state index >= 15 is 0 Å². The second kappa shape index (κ2) is 8.54. The number of carbonyl (C=O) groups is 1. The van der Waals surface area contributed by atoms with Crippen LogP contribution in [0.2, 0.25) is 0 Å². The zero-order valence-electron chi connectivity index (χ0n) is 15.2. The van der Waals surface area contributed by atoms with Gasteiger partial charge in [-0.2, -0.15) is 0 Å². The van der Waals surface area contributed by atoms with E-state index in [1.165, 1.54) is 0 Å². The largest absolute Gasteiger partial charge is 0.460 e. The lowest BCUT2D eigenvalue weighted by Gasteiger charge is -2.30. The van der Waals surface area contributed by atoms with Crippen molar-refractivity contribution in [1.82, 2.24) is 0 Å². The van der Waals surface area contributed by atoms with Crippen molar-refractivity contribution in [3.63, 3.8) is 0 Å². The normalized spacial score (nSPS) is 15.2. The average molecular weight is 359 g/mol. The molecular formula is C21H26O3S. The number of carbonyl (C=O) groups excluding carboxylic acids is 1. The van der Waals surface area contributed by atoms with Gasteiger partial charge in [-0.1, -0.05) is 55.5 Å². The van der Waals surface area contributed by atoms with Gasteiger partial charge in [0.1, 0.15) is 5.60 Å². The highest BCUT2D eigenvalue weighted by Gasteiger charge is 2.36. The van der Waals surface area contributed by atoms with Crippen LogP contribution >= 0.6 is 11.8 Å². The summed E-state index contributed by atoms with van der Waals surface area (Å²) in [6.45, 7) is 7.47. The Morgan fingerprint density at radius 2 is 1.52 bits per heavy atom. The highest BCUT2D eigenvalue weighted by atomic mass is 32.2. The van der Waals surface area contributed by atoms with Gasteiger partial charge in [-0.15, -0.1) is 11.8 Å². The molecule has 0 amide bonds. The molecule has 1 N–H and O–H groups in total. The van der Waals surface area contributed by atoms with Gasteiger partial charge in [-0.25, -0.2) is 0 Å². The van der Waals surface area contributed by atoms with Crippen molar-refractivity contribution >= 4 is 17.7 Å². The number of rotatable bonds is 6. The molecule has 0 aliphatic carbocycles. The first kappa shape index (κ1) is 19.5. The molecule has 0 heterocycles. The van der Waals surface area contributed by atoms with Crippen molar-refractivity contribution in [1.29, 1.82) is 0 Å². The number of hydrogen-bond acceptors (Lipinski definition) is 4. The summed E-state index contributed by atoms with van der Waals surface area (Å²) in [5.74, 6) is -1.04. The van der Waals surface area contributed by atoms with Crippen LogP contribution in [0.5, 0.6) is 0 Å². The number of aliphatic hydroxyl groups excluding tert-OH is 1. The molecule has 0 radical (unpaired) electrons. The number of hydrogen-bond donors (Lipinski definition) is 1. The van der Waals surface area contributed by atoms with E-state index in [9.17, 15) is 9.90 Å². The maximum absolute atomic E-state index is 12.8. The van der Waals surface area contributed by atoms with Crippen LogP contribution in [0.15, 0.2) is 65.6 Å². The van der Waals surface area contributed by atoms with E-state index in [1.807, 2.05) is 88.4 Å². The summed E-state index contributed by atoms with van der Waals surface area (Å²) in [5, 5.41) is 10.7. The molecular weight excluding hydrogens is 332 g/mol. The van der Waals surface area contributed by atoms with Gasteiger partial charge in [0.2, 0.25) is 0 Å². The molecule has 0 unspecified atom stereocenters. The van der Waals surface area contributed by atoms with Gasteiger partial charge in [0.05, 0.1) is 12.0 Å². The molecule has 3 nitrogen and oxygen atoms in total. The van der Waals surface area contributed by atoms with Crippen LogP contribution in [0.3, 0.4) is 0 Å². The molecule has 0 saturated heterocycles. The first-order valence-corrected chi connectivity index (χ1v) is 9.33. The Kier molecular flexibility index (Phi) is 6.68. The maximum atomic E-state index is 12.8. The summed E-state index contributed by atoms with van der Waals surface area (Å²) in [7, 11) is 0. The van der Waals surface area contributed by atoms with Gasteiger partial charge in [0.15, 0.2) is 0 Å². The molecule has 2 aromatic carbocycles. The van der Waals surface area contributed by atoms with E-state index in [1.54, 1.807) is 11.8 Å². The van der Waals surface area contributed by atoms with Crippen molar-refractivity contribution in [3.05, 3.63) is 66.2 Å². The summed E-state index contributed by atoms with van der Waals surface area (Å²) < 4.78 is 5.59. The molecule has 2 aromatic rings. The predicted octanol–water partition coefficient (Wildman–Crippen LogP) is 4.86. The molecule has 0 aliphatic rings. The third-order valence-corrected chi connectivity index (χ3v) is 4.94. The van der Waals surface area contributed by atoms with E-state index in [4.69, 9.17) is 4.74 Å². The van der Waals surface area contributed by atoms with E-state index in [-0.39, 0.29) is 11.2 Å². The lowest BCUT2D eigenvalue weighted by Crippen LogP contribution is -2.36. The van der Waals surface area contributed by atoms with E-state index in [0.717, 1.165) is 10.5 Å². The summed E-state index contributed by atoms with van der Waals surface area (Å²) in [6.07, 6.45) is -0.915. The fourth-order valence-corrected chi connectivity index (χ4v) is 3.74. The summed E-state index contributed by atoms with van der Waals surface area (Å²) in [4.78, 5) is 13.9. The second-order valence-corrected chi connectivity index (χ2v) is 8.50. The minimum Gasteiger partial charge on any atom is -0.460 e. The van der Waals surface area contributed by atoms with Crippen LogP contribution in [-0.2, 0) is 9.53 Å². The minimum absolute atomic E-state index is 0.146.